The van der Waals surface area contributed by atoms with E-state index in [1.165, 1.54) is 6.07 Å². The van der Waals surface area contributed by atoms with Crippen molar-refractivity contribution in [3.05, 3.63) is 64.1 Å². The Labute approximate surface area is 121 Å². The van der Waals surface area contributed by atoms with Crippen LogP contribution >= 0.6 is 15.9 Å². The van der Waals surface area contributed by atoms with E-state index in [4.69, 9.17) is 0 Å². The van der Waals surface area contributed by atoms with Crippen molar-refractivity contribution in [2.45, 2.75) is 18.9 Å². The summed E-state index contributed by atoms with van der Waals surface area (Å²) in [5.41, 5.74) is 1.88. The number of hydrogen-bond acceptors (Lipinski definition) is 2. The molecule has 1 unspecified atom stereocenters. The van der Waals surface area contributed by atoms with Crippen molar-refractivity contribution in [3.63, 3.8) is 0 Å². The van der Waals surface area contributed by atoms with Crippen molar-refractivity contribution in [2.24, 2.45) is 0 Å². The maximum Gasteiger partial charge on any atom is 0.127 e. The number of rotatable bonds is 5. The van der Waals surface area contributed by atoms with E-state index in [0.717, 1.165) is 22.0 Å². The van der Waals surface area contributed by atoms with Crippen LogP contribution in [0.1, 0.15) is 11.1 Å². The van der Waals surface area contributed by atoms with Crippen LogP contribution in [0.25, 0.3) is 0 Å². The zero-order valence-electron chi connectivity index (χ0n) is 10.7. The minimum absolute atomic E-state index is 0.166. The molecule has 0 aliphatic carbocycles. The molecule has 2 rings (SSSR count). The minimum Gasteiger partial charge on any atom is -0.316 e. The van der Waals surface area contributed by atoms with Crippen LogP contribution < -0.4 is 5.32 Å². The van der Waals surface area contributed by atoms with Crippen LogP contribution in [0, 0.1) is 5.82 Å². The van der Waals surface area contributed by atoms with Crippen LogP contribution in [0.4, 0.5) is 4.39 Å². The van der Waals surface area contributed by atoms with Gasteiger partial charge in [0, 0.05) is 22.9 Å². The number of aromatic nitrogens is 1. The molecule has 0 bridgehead atoms. The number of benzene rings is 1. The molecule has 2 nitrogen and oxygen atoms in total. The lowest BCUT2D eigenvalue weighted by Crippen LogP contribution is -2.30. The highest BCUT2D eigenvalue weighted by atomic mass is 79.9. The molecule has 0 aliphatic heterocycles. The number of hydrogen-bond donors (Lipinski definition) is 1. The van der Waals surface area contributed by atoms with Gasteiger partial charge in [-0.3, -0.25) is 4.98 Å². The largest absolute Gasteiger partial charge is 0.316 e. The third-order valence-corrected chi connectivity index (χ3v) is 3.59. The van der Waals surface area contributed by atoms with Crippen molar-refractivity contribution in [3.8, 4) is 0 Å². The summed E-state index contributed by atoms with van der Waals surface area (Å²) < 4.78 is 14.6. The van der Waals surface area contributed by atoms with Gasteiger partial charge in [-0.2, -0.15) is 0 Å². The van der Waals surface area contributed by atoms with E-state index in [-0.39, 0.29) is 11.9 Å². The highest BCUT2D eigenvalue weighted by molar-refractivity contribution is 9.10. The molecule has 0 fully saturated rings. The maximum atomic E-state index is 13.8. The smallest absolute Gasteiger partial charge is 0.127 e. The zero-order valence-corrected chi connectivity index (χ0v) is 12.3. The van der Waals surface area contributed by atoms with Crippen LogP contribution in [-0.4, -0.2) is 18.1 Å². The average molecular weight is 323 g/mol. The van der Waals surface area contributed by atoms with Gasteiger partial charge >= 0.3 is 0 Å². The monoisotopic (exact) mass is 322 g/mol. The quantitative estimate of drug-likeness (QED) is 0.913. The fourth-order valence-electron chi connectivity index (χ4n) is 2.03. The van der Waals surface area contributed by atoms with Gasteiger partial charge in [0.1, 0.15) is 5.82 Å². The molecule has 0 saturated carbocycles. The van der Waals surface area contributed by atoms with E-state index < -0.39 is 0 Å². The fraction of sp³-hybridized carbons (Fsp3) is 0.267. The molecule has 4 heteroatoms. The first-order valence-corrected chi connectivity index (χ1v) is 6.98. The van der Waals surface area contributed by atoms with Crippen LogP contribution in [-0.2, 0) is 12.8 Å². The van der Waals surface area contributed by atoms with E-state index in [2.05, 4.69) is 26.2 Å². The van der Waals surface area contributed by atoms with Gasteiger partial charge in [-0.1, -0.05) is 28.1 Å². The predicted octanol–water partition coefficient (Wildman–Crippen LogP) is 3.36. The van der Waals surface area contributed by atoms with Gasteiger partial charge in [-0.15, -0.1) is 0 Å². The Morgan fingerprint density at radius 1 is 1.32 bits per heavy atom. The first-order chi connectivity index (χ1) is 9.19. The van der Waals surface area contributed by atoms with Crippen LogP contribution in [0.2, 0.25) is 0 Å². The normalized spacial score (nSPS) is 12.4. The molecular weight excluding hydrogens is 307 g/mol. The van der Waals surface area contributed by atoms with E-state index in [1.807, 2.05) is 37.5 Å². The number of nitrogens with one attached hydrogen (secondary N) is 1. The van der Waals surface area contributed by atoms with Gasteiger partial charge in [0.25, 0.3) is 0 Å². The van der Waals surface area contributed by atoms with E-state index >= 15 is 0 Å². The lowest BCUT2D eigenvalue weighted by atomic mass is 10.00. The van der Waals surface area contributed by atoms with Crippen molar-refractivity contribution >= 4 is 15.9 Å². The third kappa shape index (κ3) is 4.11. The Morgan fingerprint density at radius 3 is 2.79 bits per heavy atom. The molecule has 0 radical (unpaired) electrons. The fourth-order valence-corrected chi connectivity index (χ4v) is 2.37. The van der Waals surface area contributed by atoms with E-state index in [1.54, 1.807) is 6.20 Å². The third-order valence-electron chi connectivity index (χ3n) is 3.09. The number of nitrogens with zero attached hydrogens (tertiary/aromatic N) is 1. The summed E-state index contributed by atoms with van der Waals surface area (Å²) in [7, 11) is 1.90. The Balaban J connectivity index is 2.06. The Kier molecular flexibility index (Phi) is 5.05. The average Bonchev–Trinajstić information content (AvgIpc) is 2.42. The molecule has 1 heterocycles. The van der Waals surface area contributed by atoms with Crippen molar-refractivity contribution in [1.29, 1.82) is 0 Å². The van der Waals surface area contributed by atoms with Crippen molar-refractivity contribution in [1.82, 2.24) is 10.3 Å². The molecule has 0 amide bonds. The Bertz CT molecular complexity index is 531. The summed E-state index contributed by atoms with van der Waals surface area (Å²) in [6.45, 7) is 0. The summed E-state index contributed by atoms with van der Waals surface area (Å²) in [5, 5.41) is 3.23. The van der Waals surface area contributed by atoms with Crippen molar-refractivity contribution < 1.29 is 4.39 Å². The predicted molar refractivity (Wildman–Crippen MR) is 78.6 cm³/mol. The lowest BCUT2D eigenvalue weighted by molar-refractivity contribution is 0.531. The van der Waals surface area contributed by atoms with Crippen LogP contribution in [0.5, 0.6) is 0 Å². The summed E-state index contributed by atoms with van der Waals surface area (Å²) >= 11 is 3.27. The molecule has 0 spiro atoms. The highest BCUT2D eigenvalue weighted by Gasteiger charge is 2.11. The van der Waals surface area contributed by atoms with Crippen LogP contribution in [0.15, 0.2) is 47.2 Å². The molecule has 1 aromatic heterocycles. The maximum absolute atomic E-state index is 13.8. The standard InChI is InChI=1S/C15H16BrFN2/c1-18-14(7-11-3-2-6-19-10-11)8-12-4-5-13(16)9-15(12)17/h2-6,9-10,14,18H,7-8H2,1H3. The molecule has 2 aromatic rings. The van der Waals surface area contributed by atoms with Gasteiger partial charge in [0.2, 0.25) is 0 Å². The van der Waals surface area contributed by atoms with Gasteiger partial charge < -0.3 is 5.32 Å². The SMILES string of the molecule is CNC(Cc1cccnc1)Cc1ccc(Br)cc1F. The van der Waals surface area contributed by atoms with E-state index in [0.29, 0.717) is 6.42 Å². The molecule has 0 aliphatic rings. The zero-order chi connectivity index (χ0) is 13.7. The van der Waals surface area contributed by atoms with Crippen molar-refractivity contribution in [2.75, 3.05) is 7.05 Å². The second-order valence-electron chi connectivity index (χ2n) is 4.49. The van der Waals surface area contributed by atoms with Gasteiger partial charge in [-0.25, -0.2) is 4.39 Å². The molecule has 100 valence electrons. The minimum atomic E-state index is -0.166. The molecule has 1 aromatic carbocycles. The second-order valence-corrected chi connectivity index (χ2v) is 5.41. The number of likely N-dealkylation sites (N-methyl/N-ethyl adjacent to an activating group) is 1. The summed E-state index contributed by atoms with van der Waals surface area (Å²) in [4.78, 5) is 4.10. The molecule has 0 saturated heterocycles. The summed E-state index contributed by atoms with van der Waals surface area (Å²) in [6, 6.07) is 9.35. The second kappa shape index (κ2) is 6.78. The molecular formula is C15H16BrFN2. The van der Waals surface area contributed by atoms with Gasteiger partial charge in [-0.05, 0) is 49.2 Å². The Morgan fingerprint density at radius 2 is 2.16 bits per heavy atom. The summed E-state index contributed by atoms with van der Waals surface area (Å²) in [6.07, 6.45) is 5.10. The molecule has 19 heavy (non-hydrogen) atoms. The lowest BCUT2D eigenvalue weighted by Gasteiger charge is -2.16. The first-order valence-electron chi connectivity index (χ1n) is 6.19. The molecule has 1 N–H and O–H groups in total. The highest BCUT2D eigenvalue weighted by Crippen LogP contribution is 2.17. The first kappa shape index (κ1) is 14.2. The van der Waals surface area contributed by atoms with E-state index in [9.17, 15) is 4.39 Å². The topological polar surface area (TPSA) is 24.9 Å². The number of pyridine rings is 1. The molecule has 1 atom stereocenters. The summed E-state index contributed by atoms with van der Waals surface area (Å²) in [5.74, 6) is -0.166. The van der Waals surface area contributed by atoms with Crippen LogP contribution in [0.3, 0.4) is 0 Å². The van der Waals surface area contributed by atoms with Gasteiger partial charge in [0.15, 0.2) is 0 Å². The van der Waals surface area contributed by atoms with Gasteiger partial charge in [0.05, 0.1) is 0 Å². The Hall–Kier alpha value is -1.26. The number of halogens is 2.